The van der Waals surface area contributed by atoms with Crippen LogP contribution in [0.15, 0.2) is 29.4 Å². The van der Waals surface area contributed by atoms with E-state index >= 15 is 0 Å². The number of halogens is 1. The zero-order valence-electron chi connectivity index (χ0n) is 10.2. The van der Waals surface area contributed by atoms with Crippen LogP contribution < -0.4 is 5.01 Å². The van der Waals surface area contributed by atoms with Crippen LogP contribution in [0.4, 0.5) is 5.69 Å². The molecule has 5 heteroatoms. The minimum atomic E-state index is -0.432. The van der Waals surface area contributed by atoms with Crippen molar-refractivity contribution in [3.63, 3.8) is 0 Å². The highest BCUT2D eigenvalue weighted by Crippen LogP contribution is 2.26. The molecule has 94 valence electrons. The van der Waals surface area contributed by atoms with E-state index in [-0.39, 0.29) is 18.1 Å². The van der Waals surface area contributed by atoms with Gasteiger partial charge in [-0.1, -0.05) is 11.6 Å². The SMILES string of the molecule is CC(=O)CC1C(=O)N(c2ccc(Cl)cc2)N=C1C. The van der Waals surface area contributed by atoms with Crippen molar-refractivity contribution in [2.75, 3.05) is 5.01 Å². The number of carbonyl (C=O) groups excluding carboxylic acids is 2. The highest BCUT2D eigenvalue weighted by Gasteiger charge is 2.34. The van der Waals surface area contributed by atoms with Gasteiger partial charge in [-0.2, -0.15) is 5.10 Å². The van der Waals surface area contributed by atoms with Crippen LogP contribution in [0.1, 0.15) is 20.3 Å². The second-order valence-electron chi connectivity index (χ2n) is 4.33. The summed E-state index contributed by atoms with van der Waals surface area (Å²) in [7, 11) is 0. The lowest BCUT2D eigenvalue weighted by Gasteiger charge is -2.13. The van der Waals surface area contributed by atoms with Crippen LogP contribution in [0.5, 0.6) is 0 Å². The predicted molar refractivity (Wildman–Crippen MR) is 70.8 cm³/mol. The van der Waals surface area contributed by atoms with Crippen molar-refractivity contribution < 1.29 is 9.59 Å². The minimum Gasteiger partial charge on any atom is -0.300 e. The molecule has 1 aromatic rings. The van der Waals surface area contributed by atoms with Gasteiger partial charge in [0.25, 0.3) is 5.91 Å². The number of hydrogen-bond acceptors (Lipinski definition) is 3. The van der Waals surface area contributed by atoms with Crippen LogP contribution in [-0.4, -0.2) is 17.4 Å². The lowest BCUT2D eigenvalue weighted by Crippen LogP contribution is -2.28. The van der Waals surface area contributed by atoms with Gasteiger partial charge in [0.1, 0.15) is 5.78 Å². The number of ketones is 1. The molecule has 1 aromatic carbocycles. The number of carbonyl (C=O) groups is 2. The van der Waals surface area contributed by atoms with Crippen molar-refractivity contribution in [3.05, 3.63) is 29.3 Å². The van der Waals surface area contributed by atoms with E-state index in [9.17, 15) is 9.59 Å². The van der Waals surface area contributed by atoms with Crippen LogP contribution in [0.3, 0.4) is 0 Å². The van der Waals surface area contributed by atoms with Crippen LogP contribution in [-0.2, 0) is 9.59 Å². The summed E-state index contributed by atoms with van der Waals surface area (Å²) in [5.74, 6) is -0.607. The Morgan fingerprint density at radius 1 is 1.39 bits per heavy atom. The lowest BCUT2D eigenvalue weighted by molar-refractivity contribution is -0.124. The van der Waals surface area contributed by atoms with Crippen LogP contribution >= 0.6 is 11.6 Å². The molecule has 1 heterocycles. The molecule has 0 fully saturated rings. The van der Waals surface area contributed by atoms with Gasteiger partial charge in [-0.25, -0.2) is 5.01 Å². The van der Waals surface area contributed by atoms with Crippen LogP contribution in [0.25, 0.3) is 0 Å². The fraction of sp³-hybridized carbons (Fsp3) is 0.308. The number of benzene rings is 1. The summed E-state index contributed by atoms with van der Waals surface area (Å²) in [6, 6.07) is 6.86. The first-order valence-electron chi connectivity index (χ1n) is 5.63. The molecule has 0 N–H and O–H groups in total. The summed E-state index contributed by atoms with van der Waals surface area (Å²) in [6.45, 7) is 3.24. The summed E-state index contributed by atoms with van der Waals surface area (Å²) >= 11 is 5.80. The van der Waals surface area contributed by atoms with E-state index in [4.69, 9.17) is 11.6 Å². The molecule has 1 atom stereocenters. The molecular weight excluding hydrogens is 252 g/mol. The Bertz CT molecular complexity index is 522. The van der Waals surface area contributed by atoms with E-state index in [1.165, 1.54) is 11.9 Å². The molecule has 1 amide bonds. The smallest absolute Gasteiger partial charge is 0.256 e. The first kappa shape index (κ1) is 12.8. The quantitative estimate of drug-likeness (QED) is 0.843. The Morgan fingerprint density at radius 3 is 2.56 bits per heavy atom. The van der Waals surface area contributed by atoms with Gasteiger partial charge < -0.3 is 0 Å². The van der Waals surface area contributed by atoms with Crippen molar-refractivity contribution >= 4 is 34.7 Å². The molecular formula is C13H13ClN2O2. The molecule has 1 unspecified atom stereocenters. The number of anilines is 1. The Kier molecular flexibility index (Phi) is 3.48. The highest BCUT2D eigenvalue weighted by molar-refractivity contribution is 6.30. The fourth-order valence-electron chi connectivity index (χ4n) is 1.89. The van der Waals surface area contributed by atoms with E-state index < -0.39 is 5.92 Å². The molecule has 1 aliphatic heterocycles. The Morgan fingerprint density at radius 2 is 2.00 bits per heavy atom. The third-order valence-corrected chi connectivity index (χ3v) is 3.08. The maximum atomic E-state index is 12.2. The standard InChI is InChI=1S/C13H13ClN2O2/c1-8(17)7-12-9(2)15-16(13(12)18)11-5-3-10(14)4-6-11/h3-6,12H,7H2,1-2H3. The van der Waals surface area contributed by atoms with Crippen molar-refractivity contribution in [3.8, 4) is 0 Å². The first-order chi connectivity index (χ1) is 8.49. The topological polar surface area (TPSA) is 49.7 Å². The fourth-order valence-corrected chi connectivity index (χ4v) is 2.02. The number of amides is 1. The zero-order valence-corrected chi connectivity index (χ0v) is 10.9. The van der Waals surface area contributed by atoms with Crippen molar-refractivity contribution in [1.29, 1.82) is 0 Å². The summed E-state index contributed by atoms with van der Waals surface area (Å²) in [6.07, 6.45) is 0.207. The van der Waals surface area contributed by atoms with Crippen molar-refractivity contribution in [1.82, 2.24) is 0 Å². The summed E-state index contributed by atoms with van der Waals surface area (Å²) in [4.78, 5) is 23.3. The molecule has 0 aromatic heterocycles. The third kappa shape index (κ3) is 2.43. The van der Waals surface area contributed by atoms with Crippen molar-refractivity contribution in [2.45, 2.75) is 20.3 Å². The van der Waals surface area contributed by atoms with Gasteiger partial charge >= 0.3 is 0 Å². The average Bonchev–Trinajstić information content (AvgIpc) is 2.58. The molecule has 18 heavy (non-hydrogen) atoms. The lowest BCUT2D eigenvalue weighted by atomic mass is 9.98. The zero-order chi connectivity index (χ0) is 13.3. The maximum absolute atomic E-state index is 12.2. The number of nitrogens with zero attached hydrogens (tertiary/aromatic N) is 2. The normalized spacial score (nSPS) is 19.1. The van der Waals surface area contributed by atoms with Gasteiger partial charge in [0, 0.05) is 17.2 Å². The molecule has 0 aliphatic carbocycles. The first-order valence-corrected chi connectivity index (χ1v) is 6.01. The van der Waals surface area contributed by atoms with E-state index in [1.54, 1.807) is 31.2 Å². The summed E-state index contributed by atoms with van der Waals surface area (Å²) in [5.41, 5.74) is 1.33. The second kappa shape index (κ2) is 4.90. The summed E-state index contributed by atoms with van der Waals surface area (Å²) < 4.78 is 0. The molecule has 0 saturated heterocycles. The van der Waals surface area contributed by atoms with E-state index in [0.29, 0.717) is 16.4 Å². The molecule has 4 nitrogen and oxygen atoms in total. The van der Waals surface area contributed by atoms with Gasteiger partial charge in [-0.3, -0.25) is 9.59 Å². The number of hydrogen-bond donors (Lipinski definition) is 0. The third-order valence-electron chi connectivity index (χ3n) is 2.83. The van der Waals surface area contributed by atoms with Gasteiger partial charge in [-0.05, 0) is 38.1 Å². The van der Waals surface area contributed by atoms with Gasteiger partial charge in [0.2, 0.25) is 0 Å². The van der Waals surface area contributed by atoms with Crippen molar-refractivity contribution in [2.24, 2.45) is 11.0 Å². The number of hydrazone groups is 1. The second-order valence-corrected chi connectivity index (χ2v) is 4.76. The van der Waals surface area contributed by atoms with Gasteiger partial charge in [-0.15, -0.1) is 0 Å². The number of Topliss-reactive ketones (excluding diaryl/α,β-unsaturated/α-hetero) is 1. The molecule has 2 rings (SSSR count). The summed E-state index contributed by atoms with van der Waals surface area (Å²) in [5, 5.41) is 6.14. The maximum Gasteiger partial charge on any atom is 0.256 e. The highest BCUT2D eigenvalue weighted by atomic mass is 35.5. The number of rotatable bonds is 3. The van der Waals surface area contributed by atoms with E-state index in [0.717, 1.165) is 0 Å². The molecule has 0 bridgehead atoms. The monoisotopic (exact) mass is 264 g/mol. The van der Waals surface area contributed by atoms with E-state index in [2.05, 4.69) is 5.10 Å². The van der Waals surface area contributed by atoms with Gasteiger partial charge in [0.15, 0.2) is 0 Å². The Balaban J connectivity index is 2.25. The Labute approximate surface area is 110 Å². The largest absolute Gasteiger partial charge is 0.300 e. The minimum absolute atomic E-state index is 0.0131. The van der Waals surface area contributed by atoms with Gasteiger partial charge in [0.05, 0.1) is 11.6 Å². The molecule has 0 saturated carbocycles. The van der Waals surface area contributed by atoms with Crippen LogP contribution in [0.2, 0.25) is 5.02 Å². The molecule has 0 radical (unpaired) electrons. The van der Waals surface area contributed by atoms with E-state index in [1.807, 2.05) is 0 Å². The van der Waals surface area contributed by atoms with Crippen LogP contribution in [0, 0.1) is 5.92 Å². The molecule has 0 spiro atoms. The molecule has 1 aliphatic rings. The Hall–Kier alpha value is -1.68. The average molecular weight is 265 g/mol. The predicted octanol–water partition coefficient (Wildman–Crippen LogP) is 2.66.